The van der Waals surface area contributed by atoms with Gasteiger partial charge in [-0.25, -0.2) is 0 Å². The van der Waals surface area contributed by atoms with Crippen molar-refractivity contribution >= 4 is 0 Å². The van der Waals surface area contributed by atoms with Gasteiger partial charge in [-0.1, -0.05) is 111 Å². The molecule has 0 saturated heterocycles. The van der Waals surface area contributed by atoms with E-state index in [1.54, 1.807) is 0 Å². The molecule has 4 saturated carbocycles. The molecule has 330 valence electrons. The van der Waals surface area contributed by atoms with Gasteiger partial charge in [-0.05, 0) is 157 Å². The number of nitrogens with two attached hydrogens (primary N) is 3. The minimum atomic E-state index is 0.179. The molecule has 11 atom stereocenters. The standard InChI is InChI=1S/C49H96N4O3/c1-5-6-7-8-9-10-11-12-13-14-15-16-17-18-31-53-32-19-23-39(2)42-24-25-43-47-44(38-46(49(42,43)4)56-35-22-30-52)48(3)27-26-41(54-33-20-28-50)36-40(48)37-45(47)55-34-21-29-51/h39-47,53H,5-38,50-52H2,1-4H3/t39-,40?,41-,42-,43+,44+,45-,46+,47?,48?,49-/m1/s1. The van der Waals surface area contributed by atoms with Gasteiger partial charge < -0.3 is 36.7 Å². The van der Waals surface area contributed by atoms with Crippen LogP contribution < -0.4 is 22.5 Å². The van der Waals surface area contributed by atoms with Crippen LogP contribution in [0.2, 0.25) is 0 Å². The maximum absolute atomic E-state index is 7.07. The van der Waals surface area contributed by atoms with Crippen molar-refractivity contribution in [3.63, 3.8) is 0 Å². The molecular formula is C49H96N4O3. The normalized spacial score (nSPS) is 33.3. The summed E-state index contributed by atoms with van der Waals surface area (Å²) in [4.78, 5) is 0. The first-order valence-electron chi connectivity index (χ1n) is 25.0. The number of hydrogen-bond donors (Lipinski definition) is 4. The quantitative estimate of drug-likeness (QED) is 0.0501. The molecule has 0 aromatic heterocycles. The molecule has 0 aromatic rings. The van der Waals surface area contributed by atoms with Crippen molar-refractivity contribution in [2.45, 2.75) is 213 Å². The Morgan fingerprint density at radius 2 is 1.18 bits per heavy atom. The van der Waals surface area contributed by atoms with Gasteiger partial charge in [0.25, 0.3) is 0 Å². The number of unbranched alkanes of at least 4 members (excludes halogenated alkanes) is 13. The second-order valence-corrected chi connectivity index (χ2v) is 19.9. The van der Waals surface area contributed by atoms with Crippen LogP contribution in [0, 0.1) is 46.3 Å². The molecular weight excluding hydrogens is 693 g/mol. The van der Waals surface area contributed by atoms with Gasteiger partial charge in [0.2, 0.25) is 0 Å². The lowest BCUT2D eigenvalue weighted by atomic mass is 9.43. The van der Waals surface area contributed by atoms with E-state index in [-0.39, 0.29) is 5.41 Å². The summed E-state index contributed by atoms with van der Waals surface area (Å²) in [5, 5.41) is 3.82. The Morgan fingerprint density at radius 1 is 0.607 bits per heavy atom. The number of fused-ring (bicyclic) bond motifs is 5. The smallest absolute Gasteiger partial charge is 0.0637 e. The van der Waals surface area contributed by atoms with Crippen molar-refractivity contribution in [2.24, 2.45) is 63.5 Å². The lowest BCUT2D eigenvalue weighted by Gasteiger charge is -2.65. The highest BCUT2D eigenvalue weighted by Gasteiger charge is 2.66. The molecule has 0 aliphatic heterocycles. The SMILES string of the molecule is CCCCCCCCCCCCCCCCNCCC[C@@H](C)[C@H]1CC[C@H]2C3[C@H](OCCCN)CC4C[C@H](OCCCN)CCC4(C)[C@H]3C[C@H](OCCCN)[C@]12C. The number of nitrogens with one attached hydrogen (secondary N) is 1. The molecule has 4 rings (SSSR count). The van der Waals surface area contributed by atoms with Crippen LogP contribution in [0.3, 0.4) is 0 Å². The van der Waals surface area contributed by atoms with Crippen molar-refractivity contribution < 1.29 is 14.2 Å². The van der Waals surface area contributed by atoms with E-state index in [0.29, 0.717) is 78.9 Å². The van der Waals surface area contributed by atoms with Crippen LogP contribution in [-0.4, -0.2) is 70.9 Å². The third kappa shape index (κ3) is 13.9. The fourth-order valence-corrected chi connectivity index (χ4v) is 12.9. The molecule has 7 nitrogen and oxygen atoms in total. The summed E-state index contributed by atoms with van der Waals surface area (Å²) in [5.41, 5.74) is 18.3. The van der Waals surface area contributed by atoms with Crippen LogP contribution in [0.1, 0.15) is 195 Å². The van der Waals surface area contributed by atoms with Gasteiger partial charge >= 0.3 is 0 Å². The third-order valence-corrected chi connectivity index (χ3v) is 16.2. The van der Waals surface area contributed by atoms with Gasteiger partial charge in [0.15, 0.2) is 0 Å². The zero-order chi connectivity index (χ0) is 40.1. The van der Waals surface area contributed by atoms with Crippen LogP contribution in [0.15, 0.2) is 0 Å². The van der Waals surface area contributed by atoms with E-state index in [2.05, 4.69) is 33.0 Å². The van der Waals surface area contributed by atoms with Crippen molar-refractivity contribution in [1.82, 2.24) is 5.32 Å². The molecule has 0 spiro atoms. The highest BCUT2D eigenvalue weighted by Crippen LogP contribution is 2.69. The Morgan fingerprint density at radius 3 is 1.80 bits per heavy atom. The fourth-order valence-electron chi connectivity index (χ4n) is 12.9. The molecule has 7 heteroatoms. The van der Waals surface area contributed by atoms with E-state index in [9.17, 15) is 0 Å². The fraction of sp³-hybridized carbons (Fsp3) is 1.00. The van der Waals surface area contributed by atoms with Gasteiger partial charge in [-0.3, -0.25) is 0 Å². The van der Waals surface area contributed by atoms with Crippen molar-refractivity contribution in [3.05, 3.63) is 0 Å². The zero-order valence-electron chi connectivity index (χ0n) is 37.7. The lowest BCUT2D eigenvalue weighted by molar-refractivity contribution is -0.227. The number of ether oxygens (including phenoxy) is 3. The number of hydrogen-bond acceptors (Lipinski definition) is 7. The van der Waals surface area contributed by atoms with Crippen molar-refractivity contribution in [2.75, 3.05) is 52.5 Å². The molecule has 56 heavy (non-hydrogen) atoms. The monoisotopic (exact) mass is 789 g/mol. The summed E-state index contributed by atoms with van der Waals surface area (Å²) in [6.07, 6.45) is 35.0. The molecule has 0 radical (unpaired) electrons. The van der Waals surface area contributed by atoms with Crippen molar-refractivity contribution in [3.8, 4) is 0 Å². The minimum Gasteiger partial charge on any atom is -0.378 e. The van der Waals surface area contributed by atoms with Gasteiger partial charge in [-0.15, -0.1) is 0 Å². The zero-order valence-corrected chi connectivity index (χ0v) is 37.7. The molecule has 4 aliphatic carbocycles. The topological polar surface area (TPSA) is 118 Å². The Kier molecular flexibility index (Phi) is 23.2. The molecule has 0 amide bonds. The summed E-state index contributed by atoms with van der Waals surface area (Å²) in [5.74, 6) is 3.91. The predicted octanol–water partition coefficient (Wildman–Crippen LogP) is 10.6. The van der Waals surface area contributed by atoms with E-state index in [1.165, 1.54) is 148 Å². The summed E-state index contributed by atoms with van der Waals surface area (Å²) in [7, 11) is 0. The number of rotatable bonds is 32. The molecule has 7 N–H and O–H groups in total. The second kappa shape index (κ2) is 26.8. The van der Waals surface area contributed by atoms with Crippen LogP contribution in [0.5, 0.6) is 0 Å². The molecule has 0 aromatic carbocycles. The van der Waals surface area contributed by atoms with Crippen LogP contribution in [0.25, 0.3) is 0 Å². The average molecular weight is 789 g/mol. The first kappa shape index (κ1) is 48.4. The Labute approximate surface area is 347 Å². The van der Waals surface area contributed by atoms with Gasteiger partial charge in [0.05, 0.1) is 18.3 Å². The van der Waals surface area contributed by atoms with E-state index >= 15 is 0 Å². The molecule has 4 aliphatic rings. The summed E-state index contributed by atoms with van der Waals surface area (Å²) in [6.45, 7) is 17.0. The summed E-state index contributed by atoms with van der Waals surface area (Å²) in [6, 6.07) is 0. The van der Waals surface area contributed by atoms with Gasteiger partial charge in [0, 0.05) is 25.2 Å². The first-order valence-corrected chi connectivity index (χ1v) is 25.0. The second-order valence-electron chi connectivity index (χ2n) is 19.9. The largest absolute Gasteiger partial charge is 0.378 e. The highest BCUT2D eigenvalue weighted by atomic mass is 16.5. The Hall–Kier alpha value is -0.280. The predicted molar refractivity (Wildman–Crippen MR) is 238 cm³/mol. The summed E-state index contributed by atoms with van der Waals surface area (Å²) < 4.78 is 20.5. The van der Waals surface area contributed by atoms with Crippen LogP contribution in [0.4, 0.5) is 0 Å². The highest BCUT2D eigenvalue weighted by molar-refractivity contribution is 5.15. The van der Waals surface area contributed by atoms with Gasteiger partial charge in [0.1, 0.15) is 0 Å². The van der Waals surface area contributed by atoms with E-state index in [4.69, 9.17) is 31.4 Å². The molecule has 0 bridgehead atoms. The Bertz CT molecular complexity index is 1000. The summed E-state index contributed by atoms with van der Waals surface area (Å²) >= 11 is 0. The van der Waals surface area contributed by atoms with E-state index < -0.39 is 0 Å². The van der Waals surface area contributed by atoms with Crippen LogP contribution >= 0.6 is 0 Å². The maximum Gasteiger partial charge on any atom is 0.0637 e. The van der Waals surface area contributed by atoms with Crippen LogP contribution in [-0.2, 0) is 14.2 Å². The molecule has 3 unspecified atom stereocenters. The van der Waals surface area contributed by atoms with E-state index in [1.807, 2.05) is 0 Å². The molecule has 0 heterocycles. The average Bonchev–Trinajstić information content (AvgIpc) is 3.56. The minimum absolute atomic E-state index is 0.179. The first-order chi connectivity index (χ1) is 27.3. The molecule has 4 fully saturated rings. The van der Waals surface area contributed by atoms with Gasteiger partial charge in [-0.2, -0.15) is 0 Å². The van der Waals surface area contributed by atoms with Crippen molar-refractivity contribution in [1.29, 1.82) is 0 Å². The maximum atomic E-state index is 7.07. The van der Waals surface area contributed by atoms with E-state index in [0.717, 1.165) is 52.0 Å². The lowest BCUT2D eigenvalue weighted by Crippen LogP contribution is -2.63. The Balaban J connectivity index is 1.26. The third-order valence-electron chi connectivity index (χ3n) is 16.2.